The minimum atomic E-state index is -0.420. The van der Waals surface area contributed by atoms with Crippen LogP contribution < -0.4 is 20.1 Å². The van der Waals surface area contributed by atoms with Gasteiger partial charge in [-0.05, 0) is 54.1 Å². The Bertz CT molecular complexity index is 962. The number of aromatic nitrogens is 2. The summed E-state index contributed by atoms with van der Waals surface area (Å²) in [6, 6.07) is 14.4. The number of hydrogen-bond acceptors (Lipinski definition) is 6. The highest BCUT2D eigenvalue weighted by atomic mass is 19.1. The standard InChI is InChI=1S/C19H15FN4O3/c20-13-2-4-14(5-3-13)22-19(25)15-6-8-18(24-23-15)21-10-12-1-7-16-17(9-12)27-11-26-16/h1-9H,10-11H2,(H,21,24)(H,22,25). The van der Waals surface area contributed by atoms with Gasteiger partial charge in [0.05, 0.1) is 0 Å². The number of benzene rings is 2. The summed E-state index contributed by atoms with van der Waals surface area (Å²) in [5.41, 5.74) is 1.64. The molecule has 2 aromatic carbocycles. The van der Waals surface area contributed by atoms with Crippen LogP contribution in [0.3, 0.4) is 0 Å². The molecule has 0 saturated heterocycles. The Morgan fingerprint density at radius 1 is 1.00 bits per heavy atom. The van der Waals surface area contributed by atoms with E-state index < -0.39 is 5.91 Å². The molecule has 4 rings (SSSR count). The third-order valence-corrected chi connectivity index (χ3v) is 3.91. The molecule has 0 saturated carbocycles. The molecule has 0 unspecified atom stereocenters. The minimum absolute atomic E-state index is 0.160. The highest BCUT2D eigenvalue weighted by Crippen LogP contribution is 2.32. The lowest BCUT2D eigenvalue weighted by Crippen LogP contribution is -2.14. The fourth-order valence-electron chi connectivity index (χ4n) is 2.52. The average molecular weight is 366 g/mol. The summed E-state index contributed by atoms with van der Waals surface area (Å²) in [6.07, 6.45) is 0. The first-order valence-corrected chi connectivity index (χ1v) is 8.20. The van der Waals surface area contributed by atoms with E-state index in [1.165, 1.54) is 24.3 Å². The quantitative estimate of drug-likeness (QED) is 0.721. The Hall–Kier alpha value is -3.68. The Kier molecular flexibility index (Phi) is 4.52. The summed E-state index contributed by atoms with van der Waals surface area (Å²) < 4.78 is 23.5. The molecule has 1 amide bonds. The molecule has 1 aliphatic heterocycles. The van der Waals surface area contributed by atoms with Crippen molar-refractivity contribution in [3.05, 3.63) is 71.7 Å². The maximum atomic E-state index is 12.9. The number of anilines is 2. The third-order valence-electron chi connectivity index (χ3n) is 3.91. The molecule has 1 aliphatic rings. The zero-order chi connectivity index (χ0) is 18.6. The minimum Gasteiger partial charge on any atom is -0.454 e. The van der Waals surface area contributed by atoms with E-state index in [4.69, 9.17) is 9.47 Å². The molecule has 0 spiro atoms. The Balaban J connectivity index is 1.35. The largest absolute Gasteiger partial charge is 0.454 e. The van der Waals surface area contributed by atoms with Crippen molar-refractivity contribution >= 4 is 17.4 Å². The number of hydrogen-bond donors (Lipinski definition) is 2. The van der Waals surface area contributed by atoms with E-state index in [0.717, 1.165) is 11.3 Å². The zero-order valence-electron chi connectivity index (χ0n) is 14.1. The van der Waals surface area contributed by atoms with E-state index in [1.807, 2.05) is 18.2 Å². The van der Waals surface area contributed by atoms with Gasteiger partial charge in [-0.2, -0.15) is 0 Å². The van der Waals surface area contributed by atoms with Gasteiger partial charge in [0, 0.05) is 12.2 Å². The SMILES string of the molecule is O=C(Nc1ccc(F)cc1)c1ccc(NCc2ccc3c(c2)OCO3)nn1. The average Bonchev–Trinajstić information content (AvgIpc) is 3.16. The first kappa shape index (κ1) is 16.8. The van der Waals surface area contributed by atoms with Gasteiger partial charge in [0.1, 0.15) is 11.6 Å². The van der Waals surface area contributed by atoms with Crippen molar-refractivity contribution in [2.24, 2.45) is 0 Å². The van der Waals surface area contributed by atoms with Crippen LogP contribution in [0.2, 0.25) is 0 Å². The second-order valence-electron chi connectivity index (χ2n) is 5.81. The normalized spacial score (nSPS) is 11.9. The number of rotatable bonds is 5. The molecule has 0 bridgehead atoms. The molecule has 0 aliphatic carbocycles. The van der Waals surface area contributed by atoms with Crippen molar-refractivity contribution in [2.45, 2.75) is 6.54 Å². The number of carbonyl (C=O) groups excluding carboxylic acids is 1. The van der Waals surface area contributed by atoms with Gasteiger partial charge in [0.2, 0.25) is 6.79 Å². The number of amides is 1. The summed E-state index contributed by atoms with van der Waals surface area (Å²) in [4.78, 5) is 12.1. The van der Waals surface area contributed by atoms with Crippen LogP contribution in [0.5, 0.6) is 11.5 Å². The number of fused-ring (bicyclic) bond motifs is 1. The van der Waals surface area contributed by atoms with Crippen molar-refractivity contribution in [1.29, 1.82) is 0 Å². The predicted octanol–water partition coefficient (Wildman–Crippen LogP) is 3.21. The van der Waals surface area contributed by atoms with E-state index in [-0.39, 0.29) is 18.3 Å². The summed E-state index contributed by atoms with van der Waals surface area (Å²) in [5.74, 6) is 1.19. The van der Waals surface area contributed by atoms with Crippen LogP contribution in [0.25, 0.3) is 0 Å². The molecule has 7 nitrogen and oxygen atoms in total. The third kappa shape index (κ3) is 3.95. The second-order valence-corrected chi connectivity index (χ2v) is 5.81. The van der Waals surface area contributed by atoms with Crippen LogP contribution >= 0.6 is 0 Å². The molecular weight excluding hydrogens is 351 g/mol. The Morgan fingerprint density at radius 2 is 1.81 bits per heavy atom. The van der Waals surface area contributed by atoms with Crippen molar-refractivity contribution in [3.8, 4) is 11.5 Å². The maximum absolute atomic E-state index is 12.9. The van der Waals surface area contributed by atoms with Crippen molar-refractivity contribution < 1.29 is 18.7 Å². The maximum Gasteiger partial charge on any atom is 0.276 e. The van der Waals surface area contributed by atoms with Crippen LogP contribution in [-0.4, -0.2) is 22.9 Å². The van der Waals surface area contributed by atoms with Gasteiger partial charge in [0.25, 0.3) is 5.91 Å². The second kappa shape index (κ2) is 7.28. The summed E-state index contributed by atoms with van der Waals surface area (Å²) in [5, 5.41) is 13.7. The molecular formula is C19H15FN4O3. The molecule has 3 aromatic rings. The topological polar surface area (TPSA) is 85.4 Å². The predicted molar refractivity (Wildman–Crippen MR) is 96.3 cm³/mol. The van der Waals surface area contributed by atoms with E-state index in [0.29, 0.717) is 23.8 Å². The van der Waals surface area contributed by atoms with E-state index in [1.54, 1.807) is 12.1 Å². The number of halogens is 1. The van der Waals surface area contributed by atoms with Crippen LogP contribution in [0.1, 0.15) is 16.1 Å². The first-order valence-electron chi connectivity index (χ1n) is 8.20. The molecule has 0 radical (unpaired) electrons. The van der Waals surface area contributed by atoms with Gasteiger partial charge in [-0.25, -0.2) is 4.39 Å². The number of carbonyl (C=O) groups is 1. The van der Waals surface area contributed by atoms with Gasteiger partial charge in [0.15, 0.2) is 17.2 Å². The van der Waals surface area contributed by atoms with Crippen molar-refractivity contribution in [1.82, 2.24) is 10.2 Å². The van der Waals surface area contributed by atoms with Gasteiger partial charge in [-0.15, -0.1) is 10.2 Å². The summed E-state index contributed by atoms with van der Waals surface area (Å²) in [7, 11) is 0. The van der Waals surface area contributed by atoms with Crippen molar-refractivity contribution in [3.63, 3.8) is 0 Å². The van der Waals surface area contributed by atoms with Crippen LogP contribution in [-0.2, 0) is 6.54 Å². The monoisotopic (exact) mass is 366 g/mol. The highest BCUT2D eigenvalue weighted by Gasteiger charge is 2.13. The lowest BCUT2D eigenvalue weighted by Gasteiger charge is -2.07. The van der Waals surface area contributed by atoms with Crippen LogP contribution in [0, 0.1) is 5.82 Å². The number of nitrogens with one attached hydrogen (secondary N) is 2. The molecule has 2 heterocycles. The van der Waals surface area contributed by atoms with Gasteiger partial charge in [-0.1, -0.05) is 6.07 Å². The lowest BCUT2D eigenvalue weighted by molar-refractivity contribution is 0.102. The van der Waals surface area contributed by atoms with E-state index in [2.05, 4.69) is 20.8 Å². The van der Waals surface area contributed by atoms with Crippen molar-refractivity contribution in [2.75, 3.05) is 17.4 Å². The summed E-state index contributed by atoms with van der Waals surface area (Å²) in [6.45, 7) is 0.756. The molecule has 136 valence electrons. The molecule has 1 aromatic heterocycles. The fraction of sp³-hybridized carbons (Fsp3) is 0.105. The highest BCUT2D eigenvalue weighted by molar-refractivity contribution is 6.02. The molecule has 0 atom stereocenters. The van der Waals surface area contributed by atoms with Gasteiger partial charge < -0.3 is 20.1 Å². The Morgan fingerprint density at radius 3 is 2.59 bits per heavy atom. The molecule has 27 heavy (non-hydrogen) atoms. The lowest BCUT2D eigenvalue weighted by atomic mass is 10.2. The van der Waals surface area contributed by atoms with Crippen LogP contribution in [0.15, 0.2) is 54.6 Å². The Labute approximate surface area is 154 Å². The number of nitrogens with zero attached hydrogens (tertiary/aromatic N) is 2. The van der Waals surface area contributed by atoms with Gasteiger partial charge >= 0.3 is 0 Å². The van der Waals surface area contributed by atoms with E-state index >= 15 is 0 Å². The molecule has 0 fully saturated rings. The first-order chi connectivity index (χ1) is 13.2. The van der Waals surface area contributed by atoms with E-state index in [9.17, 15) is 9.18 Å². The zero-order valence-corrected chi connectivity index (χ0v) is 14.1. The molecule has 2 N–H and O–H groups in total. The fourth-order valence-corrected chi connectivity index (χ4v) is 2.52. The summed E-state index contributed by atoms with van der Waals surface area (Å²) >= 11 is 0. The van der Waals surface area contributed by atoms with Crippen LogP contribution in [0.4, 0.5) is 15.9 Å². The van der Waals surface area contributed by atoms with Gasteiger partial charge in [-0.3, -0.25) is 4.79 Å². The smallest absolute Gasteiger partial charge is 0.276 e. The number of ether oxygens (including phenoxy) is 2. The molecule has 8 heteroatoms.